The summed E-state index contributed by atoms with van der Waals surface area (Å²) in [6.45, 7) is 5.22. The predicted molar refractivity (Wildman–Crippen MR) is 76.4 cm³/mol. The molecule has 0 aromatic heterocycles. The molecule has 0 aliphatic carbocycles. The van der Waals surface area contributed by atoms with Crippen LogP contribution in [0.25, 0.3) is 0 Å². The Hall–Kier alpha value is -0.390. The van der Waals surface area contributed by atoms with Crippen LogP contribution in [0.1, 0.15) is 18.9 Å². The molecule has 1 aliphatic rings. The van der Waals surface area contributed by atoms with Gasteiger partial charge in [0.1, 0.15) is 0 Å². The van der Waals surface area contributed by atoms with Crippen molar-refractivity contribution in [3.8, 4) is 0 Å². The summed E-state index contributed by atoms with van der Waals surface area (Å²) in [5.41, 5.74) is 0.969. The Bertz CT molecular complexity index is 530. The average Bonchev–Trinajstić information content (AvgIpc) is 2.32. The van der Waals surface area contributed by atoms with E-state index in [2.05, 4.69) is 22.9 Å². The lowest BCUT2D eigenvalue weighted by atomic mass is 10.0. The van der Waals surface area contributed by atoms with Crippen molar-refractivity contribution in [3.05, 3.63) is 29.8 Å². The van der Waals surface area contributed by atoms with Crippen LogP contribution in [-0.4, -0.2) is 30.6 Å². The predicted octanol–water partition coefficient (Wildman–Crippen LogP) is 2.79. The third kappa shape index (κ3) is 2.78. The SMILES string of the molecule is Cc1cccc(S(=O)(=O)N2CCC(C)C(Br)C2)c1. The molecule has 0 amide bonds. The van der Waals surface area contributed by atoms with E-state index in [0.717, 1.165) is 12.0 Å². The quantitative estimate of drug-likeness (QED) is 0.781. The molecule has 1 aromatic carbocycles. The van der Waals surface area contributed by atoms with Gasteiger partial charge in [-0.05, 0) is 37.0 Å². The molecule has 1 aliphatic heterocycles. The molecule has 0 saturated carbocycles. The zero-order chi connectivity index (χ0) is 13.3. The molecule has 1 aromatic rings. The van der Waals surface area contributed by atoms with Gasteiger partial charge in [0.25, 0.3) is 0 Å². The lowest BCUT2D eigenvalue weighted by Gasteiger charge is -2.33. The lowest BCUT2D eigenvalue weighted by molar-refractivity contribution is 0.300. The summed E-state index contributed by atoms with van der Waals surface area (Å²) in [7, 11) is -3.34. The standard InChI is InChI=1S/C13H18BrNO2S/c1-10-4-3-5-12(8-10)18(16,17)15-7-6-11(2)13(14)9-15/h3-5,8,11,13H,6-7,9H2,1-2H3. The third-order valence-electron chi connectivity index (χ3n) is 3.46. The van der Waals surface area contributed by atoms with E-state index in [1.54, 1.807) is 22.5 Å². The molecular weight excluding hydrogens is 314 g/mol. The summed E-state index contributed by atoms with van der Waals surface area (Å²) in [6, 6.07) is 7.10. The number of piperidine rings is 1. The summed E-state index contributed by atoms with van der Waals surface area (Å²) in [5, 5.41) is 0. The minimum absolute atomic E-state index is 0.242. The topological polar surface area (TPSA) is 37.4 Å². The number of nitrogens with zero attached hydrogens (tertiary/aromatic N) is 1. The van der Waals surface area contributed by atoms with Crippen LogP contribution < -0.4 is 0 Å². The first-order valence-electron chi connectivity index (χ1n) is 6.12. The van der Waals surface area contributed by atoms with Crippen molar-refractivity contribution in [3.63, 3.8) is 0 Å². The molecule has 0 N–H and O–H groups in total. The first-order chi connectivity index (χ1) is 8.41. The number of hydrogen-bond acceptors (Lipinski definition) is 2. The molecule has 5 heteroatoms. The molecule has 1 heterocycles. The highest BCUT2D eigenvalue weighted by molar-refractivity contribution is 9.09. The van der Waals surface area contributed by atoms with E-state index in [1.165, 1.54) is 0 Å². The maximum Gasteiger partial charge on any atom is 0.243 e. The minimum Gasteiger partial charge on any atom is -0.207 e. The van der Waals surface area contributed by atoms with Gasteiger partial charge < -0.3 is 0 Å². The van der Waals surface area contributed by atoms with Crippen LogP contribution in [-0.2, 0) is 10.0 Å². The smallest absolute Gasteiger partial charge is 0.207 e. The highest BCUT2D eigenvalue weighted by Gasteiger charge is 2.32. The number of benzene rings is 1. The van der Waals surface area contributed by atoms with Crippen LogP contribution in [0.4, 0.5) is 0 Å². The van der Waals surface area contributed by atoms with Gasteiger partial charge in [-0.3, -0.25) is 0 Å². The molecule has 0 spiro atoms. The van der Waals surface area contributed by atoms with Crippen molar-refractivity contribution in [2.24, 2.45) is 5.92 Å². The van der Waals surface area contributed by atoms with Crippen molar-refractivity contribution in [2.75, 3.05) is 13.1 Å². The second-order valence-electron chi connectivity index (χ2n) is 4.96. The molecule has 100 valence electrons. The second kappa shape index (κ2) is 5.31. The molecule has 2 atom stereocenters. The fraction of sp³-hybridized carbons (Fsp3) is 0.538. The summed E-state index contributed by atoms with van der Waals surface area (Å²) < 4.78 is 26.6. The van der Waals surface area contributed by atoms with Gasteiger partial charge in [0.15, 0.2) is 0 Å². The molecule has 2 unspecified atom stereocenters. The number of sulfonamides is 1. The number of hydrogen-bond donors (Lipinski definition) is 0. The first kappa shape index (κ1) is 14.0. The van der Waals surface area contributed by atoms with Crippen LogP contribution in [0.15, 0.2) is 29.2 Å². The highest BCUT2D eigenvalue weighted by atomic mass is 79.9. The number of rotatable bonds is 2. The first-order valence-corrected chi connectivity index (χ1v) is 8.47. The largest absolute Gasteiger partial charge is 0.243 e. The molecular formula is C13H18BrNO2S. The van der Waals surface area contributed by atoms with Crippen molar-refractivity contribution in [1.29, 1.82) is 0 Å². The monoisotopic (exact) mass is 331 g/mol. The molecule has 0 radical (unpaired) electrons. The van der Waals surface area contributed by atoms with Gasteiger partial charge >= 0.3 is 0 Å². The normalized spacial score (nSPS) is 26.2. The van der Waals surface area contributed by atoms with E-state index in [9.17, 15) is 8.42 Å². The number of halogens is 1. The average molecular weight is 332 g/mol. The lowest BCUT2D eigenvalue weighted by Crippen LogP contribution is -2.43. The molecule has 3 nitrogen and oxygen atoms in total. The van der Waals surface area contributed by atoms with E-state index < -0.39 is 10.0 Å². The molecule has 1 saturated heterocycles. The van der Waals surface area contributed by atoms with Gasteiger partial charge in [-0.2, -0.15) is 4.31 Å². The van der Waals surface area contributed by atoms with Crippen LogP contribution in [0.3, 0.4) is 0 Å². The molecule has 1 fully saturated rings. The Labute approximate surface area is 117 Å². The Morgan fingerprint density at radius 3 is 2.72 bits per heavy atom. The van der Waals surface area contributed by atoms with Gasteiger partial charge in [-0.25, -0.2) is 8.42 Å². The van der Waals surface area contributed by atoms with Crippen LogP contribution in [0.5, 0.6) is 0 Å². The highest BCUT2D eigenvalue weighted by Crippen LogP contribution is 2.27. The Morgan fingerprint density at radius 2 is 2.11 bits per heavy atom. The van der Waals surface area contributed by atoms with E-state index >= 15 is 0 Å². The molecule has 18 heavy (non-hydrogen) atoms. The van der Waals surface area contributed by atoms with Crippen molar-refractivity contribution >= 4 is 26.0 Å². The Kier molecular flexibility index (Phi) is 4.14. The van der Waals surface area contributed by atoms with Crippen molar-refractivity contribution in [2.45, 2.75) is 30.0 Å². The van der Waals surface area contributed by atoms with Crippen molar-refractivity contribution < 1.29 is 8.42 Å². The van der Waals surface area contributed by atoms with Crippen LogP contribution in [0.2, 0.25) is 0 Å². The maximum absolute atomic E-state index is 12.5. The van der Waals surface area contributed by atoms with E-state index in [4.69, 9.17) is 0 Å². The Balaban J connectivity index is 2.27. The van der Waals surface area contributed by atoms with Gasteiger partial charge in [-0.1, -0.05) is 35.0 Å². The summed E-state index contributed by atoms with van der Waals surface area (Å²) >= 11 is 3.57. The van der Waals surface area contributed by atoms with Crippen LogP contribution in [0, 0.1) is 12.8 Å². The van der Waals surface area contributed by atoms with E-state index in [-0.39, 0.29) is 4.83 Å². The van der Waals surface area contributed by atoms with E-state index in [0.29, 0.717) is 23.9 Å². The maximum atomic E-state index is 12.5. The van der Waals surface area contributed by atoms with Crippen molar-refractivity contribution in [1.82, 2.24) is 4.31 Å². The Morgan fingerprint density at radius 1 is 1.39 bits per heavy atom. The molecule has 2 rings (SSSR count). The van der Waals surface area contributed by atoms with Crippen LogP contribution >= 0.6 is 15.9 Å². The third-order valence-corrected chi connectivity index (χ3v) is 6.51. The fourth-order valence-corrected chi connectivity index (χ4v) is 4.53. The second-order valence-corrected chi connectivity index (χ2v) is 8.08. The number of alkyl halides is 1. The summed E-state index contributed by atoms with van der Waals surface area (Å²) in [6.07, 6.45) is 0.904. The number of aryl methyl sites for hydroxylation is 1. The molecule has 0 bridgehead atoms. The summed E-state index contributed by atoms with van der Waals surface area (Å²) in [4.78, 5) is 0.641. The van der Waals surface area contributed by atoms with E-state index in [1.807, 2.05) is 13.0 Å². The van der Waals surface area contributed by atoms with Gasteiger partial charge in [0.05, 0.1) is 4.90 Å². The van der Waals surface area contributed by atoms with Gasteiger partial charge in [0.2, 0.25) is 10.0 Å². The minimum atomic E-state index is -3.34. The van der Waals surface area contributed by atoms with Gasteiger partial charge in [-0.15, -0.1) is 0 Å². The zero-order valence-electron chi connectivity index (χ0n) is 10.6. The van der Waals surface area contributed by atoms with Gasteiger partial charge in [0, 0.05) is 17.9 Å². The summed E-state index contributed by atoms with van der Waals surface area (Å²) in [5.74, 6) is 0.522. The fourth-order valence-electron chi connectivity index (χ4n) is 2.14. The zero-order valence-corrected chi connectivity index (χ0v) is 13.0.